The fourth-order valence-corrected chi connectivity index (χ4v) is 3.27. The Morgan fingerprint density at radius 3 is 1.47 bits per heavy atom. The average molecular weight is 426 g/mol. The first-order valence-corrected chi connectivity index (χ1v) is 9.93. The third-order valence-electron chi connectivity index (χ3n) is 4.89. The molecule has 2 heterocycles. The van der Waals surface area contributed by atoms with Crippen LogP contribution in [0.2, 0.25) is 0 Å². The van der Waals surface area contributed by atoms with Crippen LogP contribution in [0.15, 0.2) is 104 Å². The highest BCUT2D eigenvalue weighted by Gasteiger charge is 2.08. The number of aromatic nitrogens is 2. The molecule has 0 unspecified atom stereocenters. The van der Waals surface area contributed by atoms with Crippen LogP contribution >= 0.6 is 0 Å². The van der Waals surface area contributed by atoms with Crippen molar-refractivity contribution in [1.82, 2.24) is 0 Å². The molecular weight excluding hydrogens is 404 g/mol. The third-order valence-corrected chi connectivity index (χ3v) is 4.89. The van der Waals surface area contributed by atoms with Crippen molar-refractivity contribution in [1.29, 1.82) is 0 Å². The van der Waals surface area contributed by atoms with Gasteiger partial charge in [0.15, 0.2) is 37.9 Å². The number of rotatable bonds is 6. The molecule has 0 saturated heterocycles. The van der Waals surface area contributed by atoms with Gasteiger partial charge in [-0.3, -0.25) is 0 Å². The van der Waals surface area contributed by atoms with E-state index in [1.807, 2.05) is 30.6 Å². The van der Waals surface area contributed by atoms with Gasteiger partial charge in [-0.25, -0.2) is 13.9 Å². The molecule has 2 aromatic carbocycles. The van der Waals surface area contributed by atoms with Crippen LogP contribution in [0.4, 0.5) is 0 Å². The molecule has 0 aliphatic carbocycles. The van der Waals surface area contributed by atoms with E-state index in [1.54, 1.807) is 12.1 Å². The summed E-state index contributed by atoms with van der Waals surface area (Å²) in [6.45, 7) is 1.56. The molecule has 0 amide bonds. The van der Waals surface area contributed by atoms with Crippen LogP contribution in [0.1, 0.15) is 21.5 Å². The highest BCUT2D eigenvalue weighted by Crippen LogP contribution is 2.16. The van der Waals surface area contributed by atoms with Gasteiger partial charge in [-0.15, -0.1) is 0 Å². The molecule has 158 valence electrons. The molecule has 0 spiro atoms. The summed E-state index contributed by atoms with van der Waals surface area (Å²) in [7, 11) is 0. The number of benzene rings is 2. The Balaban J connectivity index is 0.000000913. The van der Waals surface area contributed by atoms with Crippen molar-refractivity contribution >= 4 is 12.1 Å². The summed E-state index contributed by atoms with van der Waals surface area (Å²) < 4.78 is 4.25. The Hall–Kier alpha value is -4.41. The summed E-state index contributed by atoms with van der Waals surface area (Å²) in [5.41, 5.74) is 4.99. The Labute approximate surface area is 185 Å². The maximum absolute atomic E-state index is 10.9. The van der Waals surface area contributed by atoms with Crippen LogP contribution in [0.25, 0.3) is 11.1 Å². The quantitative estimate of drug-likeness (QED) is 0.481. The Bertz CT molecular complexity index is 1180. The molecule has 6 heteroatoms. The molecule has 4 rings (SSSR count). The number of carboxylic acids is 1. The lowest BCUT2D eigenvalue weighted by molar-refractivity contribution is -0.688. The molecule has 1 N–H and O–H groups in total. The minimum atomic E-state index is -0.901. The number of carboxylic acid groups (broad SMARTS) is 1. The van der Waals surface area contributed by atoms with E-state index in [9.17, 15) is 4.79 Å². The van der Waals surface area contributed by atoms with Gasteiger partial charge in [0.25, 0.3) is 0 Å². The number of hydrogen-bond donors (Lipinski definition) is 1. The van der Waals surface area contributed by atoms with E-state index in [0.717, 1.165) is 17.7 Å². The monoisotopic (exact) mass is 426 g/mol. The highest BCUT2D eigenvalue weighted by molar-refractivity contribution is 5.87. The van der Waals surface area contributed by atoms with Crippen molar-refractivity contribution in [3.8, 4) is 11.1 Å². The van der Waals surface area contributed by atoms with E-state index < -0.39 is 5.97 Å². The van der Waals surface area contributed by atoms with Crippen molar-refractivity contribution in [3.63, 3.8) is 0 Å². The van der Waals surface area contributed by atoms with Gasteiger partial charge in [-0.1, -0.05) is 42.5 Å². The topological polar surface area (TPSA) is 79.2 Å². The molecule has 0 aliphatic heterocycles. The van der Waals surface area contributed by atoms with Gasteiger partial charge in [0.1, 0.15) is 0 Å². The normalized spacial score (nSPS) is 9.88. The van der Waals surface area contributed by atoms with Crippen molar-refractivity contribution in [3.05, 3.63) is 120 Å². The van der Waals surface area contributed by atoms with E-state index in [2.05, 4.69) is 70.1 Å². The zero-order chi connectivity index (χ0) is 22.8. The molecule has 4 aromatic rings. The van der Waals surface area contributed by atoms with Crippen LogP contribution in [0, 0.1) is 0 Å². The van der Waals surface area contributed by atoms with E-state index >= 15 is 0 Å². The lowest BCUT2D eigenvalue weighted by Crippen LogP contribution is -2.33. The maximum Gasteiger partial charge on any atom is 0.373 e. The summed E-state index contributed by atoms with van der Waals surface area (Å²) in [6, 6.07) is 25.9. The number of carbonyl (C=O) groups is 1. The van der Waals surface area contributed by atoms with Crippen molar-refractivity contribution in [2.45, 2.75) is 13.1 Å². The number of hydrogen-bond acceptors (Lipinski definition) is 3. The summed E-state index contributed by atoms with van der Waals surface area (Å²) in [5, 5.41) is 8.99. The molecule has 0 fully saturated rings. The van der Waals surface area contributed by atoms with Crippen molar-refractivity contribution in [2.75, 3.05) is 0 Å². The van der Waals surface area contributed by atoms with Crippen LogP contribution in [-0.4, -0.2) is 17.2 Å². The predicted molar refractivity (Wildman–Crippen MR) is 115 cm³/mol. The second-order valence-corrected chi connectivity index (χ2v) is 7.09. The first-order valence-electron chi connectivity index (χ1n) is 9.93. The minimum absolute atomic E-state index is 0.250. The SMILES string of the molecule is O=C(O)c1ccc(C[n+]2ccc(-c3cc[n+](Cc4ccccc4)cc3)cc2)cc1.O=C=O. The molecule has 2 aromatic heterocycles. The van der Waals surface area contributed by atoms with E-state index in [-0.39, 0.29) is 6.15 Å². The van der Waals surface area contributed by atoms with Gasteiger partial charge in [0.2, 0.25) is 0 Å². The zero-order valence-corrected chi connectivity index (χ0v) is 17.3. The lowest BCUT2D eigenvalue weighted by atomic mass is 10.1. The van der Waals surface area contributed by atoms with Crippen molar-refractivity contribution in [2.24, 2.45) is 0 Å². The van der Waals surface area contributed by atoms with Gasteiger partial charge in [0, 0.05) is 35.4 Å². The smallest absolute Gasteiger partial charge is 0.373 e. The van der Waals surface area contributed by atoms with Gasteiger partial charge >= 0.3 is 12.1 Å². The summed E-state index contributed by atoms with van der Waals surface area (Å²) in [6.07, 6.45) is 8.55. The molecule has 0 saturated carbocycles. The van der Waals surface area contributed by atoms with Crippen LogP contribution in [-0.2, 0) is 22.7 Å². The second kappa shape index (κ2) is 11.1. The number of aromatic carboxylic acids is 1. The second-order valence-electron chi connectivity index (χ2n) is 7.09. The number of nitrogens with zero attached hydrogens (tertiary/aromatic N) is 2. The average Bonchev–Trinajstić information content (AvgIpc) is 2.82. The maximum atomic E-state index is 10.9. The first-order chi connectivity index (χ1) is 15.6. The predicted octanol–water partition coefficient (Wildman–Crippen LogP) is 3.14. The summed E-state index contributed by atoms with van der Waals surface area (Å²) in [4.78, 5) is 27.2. The van der Waals surface area contributed by atoms with Gasteiger partial charge < -0.3 is 5.11 Å². The first kappa shape index (κ1) is 22.3. The molecule has 6 nitrogen and oxygen atoms in total. The zero-order valence-electron chi connectivity index (χ0n) is 17.3. The van der Waals surface area contributed by atoms with E-state index in [0.29, 0.717) is 12.1 Å². The number of carbonyl (C=O) groups excluding carboxylic acids is 2. The summed E-state index contributed by atoms with van der Waals surface area (Å²) >= 11 is 0. The highest BCUT2D eigenvalue weighted by atomic mass is 16.4. The van der Waals surface area contributed by atoms with Gasteiger partial charge in [-0.05, 0) is 23.3 Å². The largest absolute Gasteiger partial charge is 0.478 e. The molecule has 32 heavy (non-hydrogen) atoms. The minimum Gasteiger partial charge on any atom is -0.478 e. The molecule has 0 bridgehead atoms. The Morgan fingerprint density at radius 1 is 0.656 bits per heavy atom. The molecular formula is C26H22N2O4+2. The van der Waals surface area contributed by atoms with Gasteiger partial charge in [0.05, 0.1) is 5.56 Å². The third kappa shape index (κ3) is 6.29. The standard InChI is InChI=1S/C25H21N2O2.CO2/c28-25(29)24-8-6-21(7-9-24)19-27-16-12-23(13-17-27)22-10-14-26(15-11-22)18-20-4-2-1-3-5-20;2-1-3/h1-17H,18-19H2;/q+1;/p+1. The molecule has 0 radical (unpaired) electrons. The van der Waals surface area contributed by atoms with Crippen LogP contribution in [0.5, 0.6) is 0 Å². The van der Waals surface area contributed by atoms with E-state index in [4.69, 9.17) is 14.7 Å². The van der Waals surface area contributed by atoms with Crippen molar-refractivity contribution < 1.29 is 28.6 Å². The summed E-state index contributed by atoms with van der Waals surface area (Å²) in [5.74, 6) is -0.901. The molecule has 0 atom stereocenters. The fraction of sp³-hybridized carbons (Fsp3) is 0.0769. The lowest BCUT2D eigenvalue weighted by Gasteiger charge is -2.03. The van der Waals surface area contributed by atoms with Crippen LogP contribution < -0.4 is 9.13 Å². The fourth-order valence-electron chi connectivity index (χ4n) is 3.27. The van der Waals surface area contributed by atoms with Gasteiger partial charge in [-0.2, -0.15) is 9.59 Å². The molecule has 0 aliphatic rings. The Morgan fingerprint density at radius 2 is 1.06 bits per heavy atom. The Kier molecular flexibility index (Phi) is 7.73. The number of pyridine rings is 2. The van der Waals surface area contributed by atoms with E-state index in [1.165, 1.54) is 11.1 Å². The van der Waals surface area contributed by atoms with Crippen LogP contribution in [0.3, 0.4) is 0 Å².